The Morgan fingerprint density at radius 2 is 1.65 bits per heavy atom. The van der Waals surface area contributed by atoms with Gasteiger partial charge in [0.25, 0.3) is 0 Å². The van der Waals surface area contributed by atoms with Crippen LogP contribution in [0.15, 0.2) is 18.2 Å². The smallest absolute Gasteiger partial charge is 0.197 e. The molecule has 0 saturated heterocycles. The molecule has 1 aromatic carbocycles. The van der Waals surface area contributed by atoms with Crippen LogP contribution in [0.1, 0.15) is 5.56 Å². The molecule has 2 nitrogen and oxygen atoms in total. The molecule has 0 spiro atoms. The second-order valence-corrected chi connectivity index (χ2v) is 4.12. The van der Waals surface area contributed by atoms with Crippen LogP contribution in [-0.2, 0) is 0 Å². The summed E-state index contributed by atoms with van der Waals surface area (Å²) in [5.74, 6) is -1.20. The Balaban J connectivity index is 2.57. The molecule has 0 atom stereocenters. The molecule has 0 amide bonds. The summed E-state index contributed by atoms with van der Waals surface area (Å²) >= 11 is 11.1. The van der Waals surface area contributed by atoms with E-state index < -0.39 is 11.6 Å². The van der Waals surface area contributed by atoms with Gasteiger partial charge in [0, 0.05) is 5.56 Å². The average Bonchev–Trinajstić information content (AvgIpc) is 2.29. The van der Waals surface area contributed by atoms with Crippen molar-refractivity contribution in [1.29, 1.82) is 0 Å². The van der Waals surface area contributed by atoms with Crippen molar-refractivity contribution in [3.8, 4) is 11.4 Å². The van der Waals surface area contributed by atoms with Gasteiger partial charge in [0.1, 0.15) is 5.82 Å². The minimum absolute atomic E-state index is 0.0836. The van der Waals surface area contributed by atoms with E-state index in [1.165, 1.54) is 6.07 Å². The monoisotopic (exact) mass is 274 g/mol. The van der Waals surface area contributed by atoms with E-state index >= 15 is 0 Å². The fourth-order valence-corrected chi connectivity index (χ4v) is 1.64. The Morgan fingerprint density at radius 1 is 1.06 bits per heavy atom. The maximum atomic E-state index is 13.3. The normalized spacial score (nSPS) is 10.6. The highest BCUT2D eigenvalue weighted by atomic mass is 35.5. The Morgan fingerprint density at radius 3 is 2.18 bits per heavy atom. The minimum atomic E-state index is -0.885. The van der Waals surface area contributed by atoms with Crippen LogP contribution in [0.5, 0.6) is 0 Å². The van der Waals surface area contributed by atoms with Gasteiger partial charge in [-0.05, 0) is 18.6 Å². The summed E-state index contributed by atoms with van der Waals surface area (Å²) in [6.07, 6.45) is 0. The van der Waals surface area contributed by atoms with Gasteiger partial charge >= 0.3 is 0 Å². The molecule has 0 N–H and O–H groups in total. The van der Waals surface area contributed by atoms with E-state index in [2.05, 4.69) is 9.97 Å². The summed E-state index contributed by atoms with van der Waals surface area (Å²) in [6.45, 7) is 1.63. The third-order valence-electron chi connectivity index (χ3n) is 2.20. The van der Waals surface area contributed by atoms with Crippen molar-refractivity contribution in [3.05, 3.63) is 45.7 Å². The molecule has 88 valence electrons. The quantitative estimate of drug-likeness (QED) is 0.734. The van der Waals surface area contributed by atoms with Crippen LogP contribution in [0.2, 0.25) is 10.3 Å². The largest absolute Gasteiger partial charge is 0.213 e. The number of rotatable bonds is 1. The van der Waals surface area contributed by atoms with Gasteiger partial charge in [-0.25, -0.2) is 18.7 Å². The van der Waals surface area contributed by atoms with Crippen LogP contribution >= 0.6 is 23.2 Å². The van der Waals surface area contributed by atoms with Gasteiger partial charge in [-0.15, -0.1) is 0 Å². The second-order valence-electron chi connectivity index (χ2n) is 3.41. The standard InChI is InChI=1S/C11H6Cl2F2N2/c1-5-2-3-6(4-7(5)14)11-16-9(12)8(15)10(13)17-11/h2-4H,1H3. The Bertz CT molecular complexity index is 565. The number of hydrogen-bond acceptors (Lipinski definition) is 2. The molecule has 0 bridgehead atoms. The lowest BCUT2D eigenvalue weighted by Crippen LogP contribution is -1.95. The zero-order valence-corrected chi connectivity index (χ0v) is 10.2. The van der Waals surface area contributed by atoms with E-state index in [0.29, 0.717) is 11.1 Å². The predicted molar refractivity (Wildman–Crippen MR) is 62.1 cm³/mol. The first-order chi connectivity index (χ1) is 7.99. The van der Waals surface area contributed by atoms with E-state index in [4.69, 9.17) is 23.2 Å². The molecular weight excluding hydrogens is 269 g/mol. The van der Waals surface area contributed by atoms with Gasteiger partial charge in [-0.1, -0.05) is 35.3 Å². The number of aromatic nitrogens is 2. The zero-order chi connectivity index (χ0) is 12.6. The number of benzene rings is 1. The molecule has 0 radical (unpaired) electrons. The lowest BCUT2D eigenvalue weighted by atomic mass is 10.1. The highest BCUT2D eigenvalue weighted by Crippen LogP contribution is 2.25. The maximum absolute atomic E-state index is 13.3. The van der Waals surface area contributed by atoms with Crippen LogP contribution in [0.4, 0.5) is 8.78 Å². The molecule has 0 fully saturated rings. The molecule has 17 heavy (non-hydrogen) atoms. The summed E-state index contributed by atoms with van der Waals surface area (Å²) in [5, 5.41) is -0.776. The summed E-state index contributed by atoms with van der Waals surface area (Å²) in [5.41, 5.74) is 0.880. The molecule has 6 heteroatoms. The third kappa shape index (κ3) is 2.37. The fraction of sp³-hybridized carbons (Fsp3) is 0.0909. The summed E-state index contributed by atoms with van der Waals surface area (Å²) in [4.78, 5) is 7.41. The third-order valence-corrected chi connectivity index (χ3v) is 2.70. The number of nitrogens with zero attached hydrogens (tertiary/aromatic N) is 2. The minimum Gasteiger partial charge on any atom is -0.213 e. The van der Waals surface area contributed by atoms with Crippen molar-refractivity contribution in [2.24, 2.45) is 0 Å². The molecule has 1 heterocycles. The van der Waals surface area contributed by atoms with E-state index in [1.807, 2.05) is 0 Å². The van der Waals surface area contributed by atoms with Gasteiger partial charge < -0.3 is 0 Å². The molecule has 0 aliphatic heterocycles. The van der Waals surface area contributed by atoms with Gasteiger partial charge in [0.2, 0.25) is 0 Å². The molecule has 2 aromatic rings. The van der Waals surface area contributed by atoms with Gasteiger partial charge in [0.15, 0.2) is 21.9 Å². The number of hydrogen-bond donors (Lipinski definition) is 0. The molecule has 0 aliphatic rings. The van der Waals surface area contributed by atoms with Gasteiger partial charge in [-0.3, -0.25) is 0 Å². The first-order valence-corrected chi connectivity index (χ1v) is 5.39. The topological polar surface area (TPSA) is 25.8 Å². The number of aryl methyl sites for hydroxylation is 1. The molecule has 1 aromatic heterocycles. The van der Waals surface area contributed by atoms with Crippen molar-refractivity contribution < 1.29 is 8.78 Å². The van der Waals surface area contributed by atoms with E-state index in [1.54, 1.807) is 19.1 Å². The fourth-order valence-electron chi connectivity index (χ4n) is 1.26. The van der Waals surface area contributed by atoms with Gasteiger partial charge in [-0.2, -0.15) is 0 Å². The molecular formula is C11H6Cl2F2N2. The zero-order valence-electron chi connectivity index (χ0n) is 8.64. The summed E-state index contributed by atoms with van der Waals surface area (Å²) in [6, 6.07) is 4.42. The van der Waals surface area contributed by atoms with E-state index in [0.717, 1.165) is 0 Å². The average molecular weight is 275 g/mol. The molecule has 0 unspecified atom stereocenters. The lowest BCUT2D eigenvalue weighted by molar-refractivity contribution is 0.614. The van der Waals surface area contributed by atoms with Crippen LogP contribution in [0, 0.1) is 18.6 Å². The number of halogens is 4. The van der Waals surface area contributed by atoms with Crippen molar-refractivity contribution >= 4 is 23.2 Å². The summed E-state index contributed by atoms with van der Waals surface area (Å²) < 4.78 is 26.5. The highest BCUT2D eigenvalue weighted by molar-refractivity contribution is 6.33. The molecule has 0 aliphatic carbocycles. The van der Waals surface area contributed by atoms with Crippen LogP contribution in [-0.4, -0.2) is 9.97 Å². The summed E-state index contributed by atoms with van der Waals surface area (Å²) in [7, 11) is 0. The Hall–Kier alpha value is -1.26. The second kappa shape index (κ2) is 4.55. The van der Waals surface area contributed by atoms with Crippen LogP contribution in [0.3, 0.4) is 0 Å². The van der Waals surface area contributed by atoms with Crippen molar-refractivity contribution in [2.45, 2.75) is 6.92 Å². The SMILES string of the molecule is Cc1ccc(-c2nc(Cl)c(F)c(Cl)n2)cc1F. The first kappa shape index (κ1) is 12.2. The Labute approximate surface area is 106 Å². The van der Waals surface area contributed by atoms with E-state index in [-0.39, 0.29) is 16.1 Å². The van der Waals surface area contributed by atoms with Crippen LogP contribution in [0.25, 0.3) is 11.4 Å². The van der Waals surface area contributed by atoms with E-state index in [9.17, 15) is 8.78 Å². The van der Waals surface area contributed by atoms with Gasteiger partial charge in [0.05, 0.1) is 0 Å². The molecule has 2 rings (SSSR count). The van der Waals surface area contributed by atoms with Crippen molar-refractivity contribution in [1.82, 2.24) is 9.97 Å². The Kier molecular flexibility index (Phi) is 3.26. The molecule has 0 saturated carbocycles. The maximum Gasteiger partial charge on any atom is 0.197 e. The van der Waals surface area contributed by atoms with Crippen molar-refractivity contribution in [3.63, 3.8) is 0 Å². The van der Waals surface area contributed by atoms with Crippen molar-refractivity contribution in [2.75, 3.05) is 0 Å². The lowest BCUT2D eigenvalue weighted by Gasteiger charge is -2.04. The van der Waals surface area contributed by atoms with Crippen LogP contribution < -0.4 is 0 Å². The first-order valence-electron chi connectivity index (χ1n) is 4.64. The predicted octanol–water partition coefficient (Wildman–Crippen LogP) is 4.04. The highest BCUT2D eigenvalue weighted by Gasteiger charge is 2.13.